The Morgan fingerprint density at radius 3 is 1.89 bits per heavy atom. The molecule has 1 aromatic heterocycles. The third-order valence-corrected chi connectivity index (χ3v) is 15.1. The second-order valence-corrected chi connectivity index (χ2v) is 19.2. The van der Waals surface area contributed by atoms with Crippen molar-refractivity contribution in [3.05, 3.63) is 115 Å². The molecule has 0 fully saturated rings. The summed E-state index contributed by atoms with van der Waals surface area (Å²) in [7, 11) is 2.11. The Kier molecular flexibility index (Phi) is 5.46. The van der Waals surface area contributed by atoms with Crippen LogP contribution in [0.1, 0.15) is 5.56 Å². The quantitative estimate of drug-likeness (QED) is 0.179. The Balaban J connectivity index is 1.57. The summed E-state index contributed by atoms with van der Waals surface area (Å²) in [5.74, 6) is 4.73. The van der Waals surface area contributed by atoms with E-state index < -0.39 is 13.3 Å². The number of halogens is 1. The Labute approximate surface area is 215 Å². The minimum atomic E-state index is -2.91. The molecule has 0 N–H and O–H groups in total. The first-order valence-electron chi connectivity index (χ1n) is 12.5. The van der Waals surface area contributed by atoms with Gasteiger partial charge in [0.1, 0.15) is 0 Å². The fraction of sp³-hybridized carbons (Fsp3) is 0.121. The molecule has 0 radical (unpaired) electrons. The monoisotopic (exact) mass is 532 g/mol. The molecule has 0 atom stereocenters. The molecule has 36 heavy (non-hydrogen) atoms. The maximum atomic E-state index is 15.7. The average molecular weight is 531 g/mol. The van der Waals surface area contributed by atoms with Crippen molar-refractivity contribution in [3.8, 4) is 44.6 Å². The van der Waals surface area contributed by atoms with E-state index in [1.165, 1.54) is 42.3 Å². The third kappa shape index (κ3) is 3.47. The van der Waals surface area contributed by atoms with Crippen LogP contribution in [0.2, 0.25) is 11.5 Å². The van der Waals surface area contributed by atoms with Gasteiger partial charge in [-0.3, -0.25) is 0 Å². The first kappa shape index (κ1) is 22.9. The molecule has 0 saturated heterocycles. The van der Waals surface area contributed by atoms with Crippen molar-refractivity contribution >= 4 is 22.1 Å². The van der Waals surface area contributed by atoms with E-state index in [2.05, 4.69) is 103 Å². The van der Waals surface area contributed by atoms with Crippen LogP contribution in [0.3, 0.4) is 0 Å². The van der Waals surface area contributed by atoms with E-state index in [4.69, 9.17) is 0 Å². The van der Waals surface area contributed by atoms with Crippen LogP contribution in [0.5, 0.6) is 0 Å². The predicted octanol–water partition coefficient (Wildman–Crippen LogP) is 6.76. The fourth-order valence-corrected chi connectivity index (χ4v) is 14.1. The van der Waals surface area contributed by atoms with E-state index >= 15 is 4.39 Å². The van der Waals surface area contributed by atoms with E-state index in [1.54, 1.807) is 6.07 Å². The van der Waals surface area contributed by atoms with Crippen LogP contribution in [0.4, 0.5) is 4.39 Å². The molecular weight excluding hydrogens is 502 g/mol. The molecule has 4 aromatic carbocycles. The second-order valence-electron chi connectivity index (χ2n) is 10.3. The van der Waals surface area contributed by atoms with E-state index in [0.717, 1.165) is 16.7 Å². The summed E-state index contributed by atoms with van der Waals surface area (Å²) in [4.78, 5) is 0. The number of nitrogens with zero attached hydrogens (tertiary/aromatic N) is 1. The molecule has 176 valence electrons. The Morgan fingerprint density at radius 1 is 0.611 bits per heavy atom. The number of hydrogen-bond donors (Lipinski definition) is 0. The number of rotatable bonds is 3. The van der Waals surface area contributed by atoms with Crippen molar-refractivity contribution in [2.45, 2.75) is 18.4 Å². The van der Waals surface area contributed by atoms with Crippen LogP contribution in [0, 0.1) is 12.7 Å². The van der Waals surface area contributed by atoms with Gasteiger partial charge in [0.15, 0.2) is 0 Å². The van der Waals surface area contributed by atoms with Crippen molar-refractivity contribution in [2.24, 2.45) is 7.05 Å². The average Bonchev–Trinajstić information content (AvgIpc) is 3.12. The molecule has 0 bridgehead atoms. The topological polar surface area (TPSA) is 3.88 Å². The van der Waals surface area contributed by atoms with Gasteiger partial charge in [-0.25, -0.2) is 0 Å². The van der Waals surface area contributed by atoms with Gasteiger partial charge in [0.25, 0.3) is 0 Å². The number of pyridine rings is 1. The summed E-state index contributed by atoms with van der Waals surface area (Å²) in [6.45, 7) is 2.20. The van der Waals surface area contributed by atoms with Crippen molar-refractivity contribution in [1.82, 2.24) is 0 Å². The molecule has 1 aliphatic rings. The van der Waals surface area contributed by atoms with E-state index in [0.29, 0.717) is 0 Å². The molecule has 3 heteroatoms. The molecule has 2 heterocycles. The molecule has 0 spiro atoms. The van der Waals surface area contributed by atoms with E-state index in [9.17, 15) is 0 Å². The fourth-order valence-electron chi connectivity index (χ4n) is 6.01. The number of fused-ring (bicyclic) bond motifs is 3. The van der Waals surface area contributed by atoms with Crippen LogP contribution < -0.4 is 13.4 Å². The summed E-state index contributed by atoms with van der Waals surface area (Å²) in [5.41, 5.74) is 10.4. The zero-order chi connectivity index (χ0) is 25.0. The standard InChI is InChI=1S/C33H29FGeN/c1-22-13-18-26-27-19-20-28(34)31(25-16-14-24(15-17-25)23-10-6-5-7-11-23)33(27)35(2,3)32(26)30(22)29-12-8-9-21-36(29)4/h5-21H,1-4H3/q+1. The summed E-state index contributed by atoms with van der Waals surface area (Å²) in [6, 6.07) is 33.3. The van der Waals surface area contributed by atoms with Gasteiger partial charge in [0.2, 0.25) is 0 Å². The number of aryl methyl sites for hydroxylation is 2. The molecule has 6 rings (SSSR count). The van der Waals surface area contributed by atoms with Gasteiger partial charge >= 0.3 is 216 Å². The van der Waals surface area contributed by atoms with Gasteiger partial charge in [0, 0.05) is 0 Å². The normalized spacial score (nSPS) is 13.4. The second kappa shape index (κ2) is 8.56. The molecule has 1 aliphatic heterocycles. The summed E-state index contributed by atoms with van der Waals surface area (Å²) in [5, 5.41) is 0. The van der Waals surface area contributed by atoms with Gasteiger partial charge in [-0.1, -0.05) is 0 Å². The van der Waals surface area contributed by atoms with Crippen LogP contribution in [0.15, 0.2) is 103 Å². The van der Waals surface area contributed by atoms with E-state index in [1.807, 2.05) is 24.3 Å². The van der Waals surface area contributed by atoms with Crippen LogP contribution >= 0.6 is 0 Å². The summed E-state index contributed by atoms with van der Waals surface area (Å²) in [6.07, 6.45) is 2.11. The summed E-state index contributed by atoms with van der Waals surface area (Å²) >= 11 is -2.91. The molecule has 5 aromatic rings. The van der Waals surface area contributed by atoms with Crippen LogP contribution in [0.25, 0.3) is 44.6 Å². The molecule has 0 unspecified atom stereocenters. The Hall–Kier alpha value is -3.50. The number of aromatic nitrogens is 1. The molecule has 1 nitrogen and oxygen atoms in total. The molecule has 0 amide bonds. The molecule has 0 saturated carbocycles. The number of hydrogen-bond acceptors (Lipinski definition) is 0. The zero-order valence-electron chi connectivity index (χ0n) is 21.1. The van der Waals surface area contributed by atoms with Crippen molar-refractivity contribution in [1.29, 1.82) is 0 Å². The van der Waals surface area contributed by atoms with Gasteiger partial charge in [-0.15, -0.1) is 0 Å². The molecular formula is C33H29FGeN+. The Bertz CT molecular complexity index is 1620. The van der Waals surface area contributed by atoms with Gasteiger partial charge in [0.05, 0.1) is 0 Å². The maximum absolute atomic E-state index is 15.7. The number of benzene rings is 4. The van der Waals surface area contributed by atoms with Crippen LogP contribution in [-0.2, 0) is 7.05 Å². The minimum absolute atomic E-state index is 0.128. The summed E-state index contributed by atoms with van der Waals surface area (Å²) < 4.78 is 20.6. The van der Waals surface area contributed by atoms with Crippen LogP contribution in [-0.4, -0.2) is 13.3 Å². The van der Waals surface area contributed by atoms with Crippen molar-refractivity contribution in [2.75, 3.05) is 0 Å². The van der Waals surface area contributed by atoms with E-state index in [-0.39, 0.29) is 5.82 Å². The zero-order valence-corrected chi connectivity index (χ0v) is 23.2. The first-order valence-corrected chi connectivity index (χ1v) is 18.8. The Morgan fingerprint density at radius 2 is 1.19 bits per heavy atom. The first-order chi connectivity index (χ1) is 17.4. The van der Waals surface area contributed by atoms with Gasteiger partial charge in [-0.2, -0.15) is 0 Å². The van der Waals surface area contributed by atoms with Gasteiger partial charge < -0.3 is 0 Å². The predicted molar refractivity (Wildman–Crippen MR) is 151 cm³/mol. The van der Waals surface area contributed by atoms with Crippen molar-refractivity contribution < 1.29 is 8.96 Å². The van der Waals surface area contributed by atoms with Gasteiger partial charge in [-0.05, 0) is 0 Å². The third-order valence-electron chi connectivity index (χ3n) is 7.70. The SMILES string of the molecule is Cc1ccc2[c](c1-c1cccc[n+]1C)[Ge]([CH3])([CH3])[c]1c-2ccc(F)c1-c1ccc(-c2ccccc2)cc1. The van der Waals surface area contributed by atoms with Crippen molar-refractivity contribution in [3.63, 3.8) is 0 Å². The molecule has 0 aliphatic carbocycles.